The van der Waals surface area contributed by atoms with Crippen LogP contribution in [0.25, 0.3) is 0 Å². The molecular weight excluding hydrogens is 224 g/mol. The predicted octanol–water partition coefficient (Wildman–Crippen LogP) is 3.48. The third-order valence-electron chi connectivity index (χ3n) is 2.07. The van der Waals surface area contributed by atoms with E-state index >= 15 is 0 Å². The predicted molar refractivity (Wildman–Crippen MR) is 62.9 cm³/mol. The van der Waals surface area contributed by atoms with E-state index in [0.29, 0.717) is 11.6 Å². The molecule has 1 heterocycles. The van der Waals surface area contributed by atoms with Crippen LogP contribution in [0.5, 0.6) is 11.6 Å². The highest BCUT2D eigenvalue weighted by Gasteiger charge is 2.07. The first-order valence-electron chi connectivity index (χ1n) is 5.04. The van der Waals surface area contributed by atoms with Crippen molar-refractivity contribution in [3.63, 3.8) is 0 Å². The van der Waals surface area contributed by atoms with E-state index in [1.165, 1.54) is 0 Å². The molecule has 16 heavy (non-hydrogen) atoms. The number of nitrogens with zero attached hydrogens (tertiary/aromatic N) is 2. The van der Waals surface area contributed by atoms with E-state index in [1.807, 2.05) is 37.3 Å². The molecule has 2 rings (SSSR count). The van der Waals surface area contributed by atoms with Crippen molar-refractivity contribution in [1.29, 1.82) is 0 Å². The first-order chi connectivity index (χ1) is 7.79. The Morgan fingerprint density at radius 3 is 2.69 bits per heavy atom. The number of hydrogen-bond acceptors (Lipinski definition) is 3. The van der Waals surface area contributed by atoms with Gasteiger partial charge in [0.25, 0.3) is 5.88 Å². The Balaban J connectivity index is 2.27. The largest absolute Gasteiger partial charge is 0.436 e. The third-order valence-corrected chi connectivity index (χ3v) is 2.33. The Kier molecular flexibility index (Phi) is 3.37. The van der Waals surface area contributed by atoms with Gasteiger partial charge in [-0.05, 0) is 18.6 Å². The Bertz CT molecular complexity index is 474. The molecule has 2 aromatic rings. The van der Waals surface area contributed by atoms with Gasteiger partial charge in [-0.2, -0.15) is 0 Å². The van der Waals surface area contributed by atoms with E-state index in [9.17, 15) is 0 Å². The SMILES string of the molecule is CCc1cnc(Cl)c(Oc2ccccc2)n1. The maximum Gasteiger partial charge on any atom is 0.257 e. The summed E-state index contributed by atoms with van der Waals surface area (Å²) >= 11 is 5.90. The van der Waals surface area contributed by atoms with Crippen LogP contribution >= 0.6 is 11.6 Å². The van der Waals surface area contributed by atoms with Crippen molar-refractivity contribution in [2.45, 2.75) is 13.3 Å². The fourth-order valence-electron chi connectivity index (χ4n) is 1.23. The molecule has 0 aliphatic carbocycles. The number of aryl methyl sites for hydroxylation is 1. The average molecular weight is 235 g/mol. The second-order valence-corrected chi connectivity index (χ2v) is 3.58. The minimum absolute atomic E-state index is 0.279. The number of aromatic nitrogens is 2. The maximum absolute atomic E-state index is 5.90. The van der Waals surface area contributed by atoms with Crippen LogP contribution in [0, 0.1) is 0 Å². The summed E-state index contributed by atoms with van der Waals surface area (Å²) in [7, 11) is 0. The van der Waals surface area contributed by atoms with Crippen molar-refractivity contribution in [2.75, 3.05) is 0 Å². The Morgan fingerprint density at radius 1 is 1.25 bits per heavy atom. The van der Waals surface area contributed by atoms with E-state index in [-0.39, 0.29) is 5.15 Å². The van der Waals surface area contributed by atoms with Gasteiger partial charge in [0.05, 0.1) is 11.9 Å². The molecule has 0 N–H and O–H groups in total. The van der Waals surface area contributed by atoms with Crippen LogP contribution in [0.4, 0.5) is 0 Å². The lowest BCUT2D eigenvalue weighted by molar-refractivity contribution is 0.458. The quantitative estimate of drug-likeness (QED) is 0.816. The van der Waals surface area contributed by atoms with Crippen LogP contribution in [0.1, 0.15) is 12.6 Å². The lowest BCUT2D eigenvalue weighted by Crippen LogP contribution is -1.95. The summed E-state index contributed by atoms with van der Waals surface area (Å²) in [6.07, 6.45) is 2.45. The van der Waals surface area contributed by atoms with Gasteiger partial charge in [-0.15, -0.1) is 0 Å². The first-order valence-corrected chi connectivity index (χ1v) is 5.41. The van der Waals surface area contributed by atoms with E-state index in [4.69, 9.17) is 16.3 Å². The van der Waals surface area contributed by atoms with E-state index in [1.54, 1.807) is 6.20 Å². The number of benzene rings is 1. The monoisotopic (exact) mass is 234 g/mol. The van der Waals surface area contributed by atoms with Crippen LogP contribution in [0.3, 0.4) is 0 Å². The molecule has 1 aromatic heterocycles. The van der Waals surface area contributed by atoms with Crippen molar-refractivity contribution < 1.29 is 4.74 Å². The van der Waals surface area contributed by atoms with Crippen molar-refractivity contribution in [1.82, 2.24) is 9.97 Å². The summed E-state index contributed by atoms with van der Waals surface area (Å²) in [5.74, 6) is 1.05. The molecule has 4 heteroatoms. The fourth-order valence-corrected chi connectivity index (χ4v) is 1.36. The normalized spacial score (nSPS) is 10.1. The maximum atomic E-state index is 5.90. The van der Waals surface area contributed by atoms with Crippen molar-refractivity contribution in [3.05, 3.63) is 47.4 Å². The van der Waals surface area contributed by atoms with Gasteiger partial charge in [0.15, 0.2) is 5.15 Å². The molecule has 0 fully saturated rings. The highest BCUT2D eigenvalue weighted by molar-refractivity contribution is 6.30. The summed E-state index contributed by atoms with van der Waals surface area (Å²) < 4.78 is 5.55. The zero-order valence-electron chi connectivity index (χ0n) is 8.85. The van der Waals surface area contributed by atoms with Crippen molar-refractivity contribution in [3.8, 4) is 11.6 Å². The summed E-state index contributed by atoms with van der Waals surface area (Å²) in [5.41, 5.74) is 0.857. The molecular formula is C12H11ClN2O. The molecule has 0 aliphatic rings. The third kappa shape index (κ3) is 2.49. The molecule has 0 aliphatic heterocycles. The van der Waals surface area contributed by atoms with E-state index in [0.717, 1.165) is 12.1 Å². The Morgan fingerprint density at radius 2 is 2.00 bits per heavy atom. The lowest BCUT2D eigenvalue weighted by atomic mass is 10.3. The summed E-state index contributed by atoms with van der Waals surface area (Å²) in [4.78, 5) is 8.29. The van der Waals surface area contributed by atoms with Gasteiger partial charge in [0.2, 0.25) is 0 Å². The molecule has 0 spiro atoms. The smallest absolute Gasteiger partial charge is 0.257 e. The molecule has 0 unspecified atom stereocenters. The molecule has 0 radical (unpaired) electrons. The first kappa shape index (κ1) is 10.9. The van der Waals surface area contributed by atoms with Gasteiger partial charge >= 0.3 is 0 Å². The number of hydrogen-bond donors (Lipinski definition) is 0. The van der Waals surface area contributed by atoms with E-state index in [2.05, 4.69) is 9.97 Å². The van der Waals surface area contributed by atoms with Gasteiger partial charge in [0, 0.05) is 0 Å². The Labute approximate surface area is 99.1 Å². The van der Waals surface area contributed by atoms with Gasteiger partial charge < -0.3 is 4.74 Å². The second kappa shape index (κ2) is 4.94. The van der Waals surface area contributed by atoms with Gasteiger partial charge in [-0.1, -0.05) is 36.7 Å². The second-order valence-electron chi connectivity index (χ2n) is 3.23. The number of rotatable bonds is 3. The van der Waals surface area contributed by atoms with Gasteiger partial charge in [-0.25, -0.2) is 9.97 Å². The van der Waals surface area contributed by atoms with Crippen LogP contribution < -0.4 is 4.74 Å². The Hall–Kier alpha value is -1.61. The standard InChI is InChI=1S/C12H11ClN2O/c1-2-9-8-14-11(13)12(15-9)16-10-6-4-3-5-7-10/h3-8H,2H2,1H3. The fraction of sp³-hybridized carbons (Fsp3) is 0.167. The summed E-state index contributed by atoms with van der Waals surface area (Å²) in [5, 5.41) is 0.279. The minimum atomic E-state index is 0.279. The average Bonchev–Trinajstić information content (AvgIpc) is 2.33. The molecule has 0 bridgehead atoms. The summed E-state index contributed by atoms with van der Waals surface area (Å²) in [6, 6.07) is 9.39. The summed E-state index contributed by atoms with van der Waals surface area (Å²) in [6.45, 7) is 2.00. The topological polar surface area (TPSA) is 35.0 Å². The highest BCUT2D eigenvalue weighted by atomic mass is 35.5. The number of ether oxygens (including phenoxy) is 1. The van der Waals surface area contributed by atoms with Crippen LogP contribution in [0.2, 0.25) is 5.15 Å². The zero-order valence-corrected chi connectivity index (χ0v) is 9.61. The molecule has 82 valence electrons. The molecule has 0 amide bonds. The van der Waals surface area contributed by atoms with Crippen LogP contribution in [-0.2, 0) is 6.42 Å². The lowest BCUT2D eigenvalue weighted by Gasteiger charge is -2.06. The molecule has 0 saturated carbocycles. The van der Waals surface area contributed by atoms with Crippen LogP contribution in [0.15, 0.2) is 36.5 Å². The van der Waals surface area contributed by atoms with Crippen LogP contribution in [-0.4, -0.2) is 9.97 Å². The molecule has 0 saturated heterocycles. The van der Waals surface area contributed by atoms with Gasteiger partial charge in [-0.3, -0.25) is 0 Å². The number of para-hydroxylation sites is 1. The highest BCUT2D eigenvalue weighted by Crippen LogP contribution is 2.25. The molecule has 1 aromatic carbocycles. The van der Waals surface area contributed by atoms with Crippen molar-refractivity contribution in [2.24, 2.45) is 0 Å². The van der Waals surface area contributed by atoms with Crippen molar-refractivity contribution >= 4 is 11.6 Å². The number of halogens is 1. The minimum Gasteiger partial charge on any atom is -0.436 e. The molecule has 3 nitrogen and oxygen atoms in total. The van der Waals surface area contributed by atoms with E-state index < -0.39 is 0 Å². The van der Waals surface area contributed by atoms with Gasteiger partial charge in [0.1, 0.15) is 5.75 Å². The molecule has 0 atom stereocenters. The zero-order chi connectivity index (χ0) is 11.4.